The summed E-state index contributed by atoms with van der Waals surface area (Å²) >= 11 is 0. The second kappa shape index (κ2) is 7.41. The fourth-order valence-corrected chi connectivity index (χ4v) is 2.83. The van der Waals surface area contributed by atoms with Crippen molar-refractivity contribution < 1.29 is 4.79 Å². The molecule has 0 aromatic carbocycles. The lowest BCUT2D eigenvalue weighted by Gasteiger charge is -2.33. The van der Waals surface area contributed by atoms with E-state index in [9.17, 15) is 4.79 Å². The first-order valence-electron chi connectivity index (χ1n) is 7.89. The Balaban J connectivity index is 2.09. The van der Waals surface area contributed by atoms with Gasteiger partial charge in [0.15, 0.2) is 0 Å². The maximum atomic E-state index is 12.4. The van der Waals surface area contributed by atoms with E-state index in [1.165, 1.54) is 0 Å². The van der Waals surface area contributed by atoms with Crippen LogP contribution in [0.4, 0.5) is 5.69 Å². The molecule has 1 aromatic heterocycles. The van der Waals surface area contributed by atoms with Crippen LogP contribution in [-0.2, 0) is 0 Å². The topological polar surface area (TPSA) is 62.5 Å². The van der Waals surface area contributed by atoms with E-state index in [1.807, 2.05) is 26.0 Å². The van der Waals surface area contributed by atoms with Crippen LogP contribution in [0.25, 0.3) is 0 Å². The molecule has 5 heteroatoms. The fourth-order valence-electron chi connectivity index (χ4n) is 2.83. The average Bonchev–Trinajstić information content (AvgIpc) is 2.56. The van der Waals surface area contributed by atoms with Crippen LogP contribution in [0.5, 0.6) is 0 Å². The van der Waals surface area contributed by atoms with E-state index in [0.717, 1.165) is 38.2 Å². The summed E-state index contributed by atoms with van der Waals surface area (Å²) in [5.41, 5.74) is 7.37. The van der Waals surface area contributed by atoms with Crippen LogP contribution >= 0.6 is 0 Å². The summed E-state index contributed by atoms with van der Waals surface area (Å²) < 4.78 is 0. The standard InChI is InChI=1S/C16H26N4O/c1-3-19(4-2)16(21)15-11-14(5-8-18-15)20-9-6-13(12-17)7-10-20/h5,8,11,13H,3-4,6-7,9-10,12,17H2,1-2H3. The average molecular weight is 290 g/mol. The third-order valence-corrected chi connectivity index (χ3v) is 4.33. The second-order valence-corrected chi connectivity index (χ2v) is 5.54. The van der Waals surface area contributed by atoms with Crippen molar-refractivity contribution in [2.75, 3.05) is 37.6 Å². The molecule has 0 aliphatic carbocycles. The molecule has 2 heterocycles. The van der Waals surface area contributed by atoms with E-state index in [0.29, 0.717) is 24.7 Å². The van der Waals surface area contributed by atoms with Crippen molar-refractivity contribution in [2.24, 2.45) is 11.7 Å². The van der Waals surface area contributed by atoms with Crippen LogP contribution in [-0.4, -0.2) is 48.5 Å². The van der Waals surface area contributed by atoms with Gasteiger partial charge in [0, 0.05) is 38.1 Å². The Morgan fingerprint density at radius 3 is 2.62 bits per heavy atom. The molecule has 1 fully saturated rings. The molecule has 0 atom stereocenters. The third-order valence-electron chi connectivity index (χ3n) is 4.33. The molecule has 0 radical (unpaired) electrons. The number of nitrogens with zero attached hydrogens (tertiary/aromatic N) is 3. The minimum absolute atomic E-state index is 0.0127. The number of pyridine rings is 1. The molecule has 2 rings (SSSR count). The first-order valence-corrected chi connectivity index (χ1v) is 7.89. The number of hydrogen-bond acceptors (Lipinski definition) is 4. The number of anilines is 1. The summed E-state index contributed by atoms with van der Waals surface area (Å²) in [5.74, 6) is 0.651. The zero-order chi connectivity index (χ0) is 15.2. The van der Waals surface area contributed by atoms with E-state index in [-0.39, 0.29) is 5.91 Å². The van der Waals surface area contributed by atoms with Gasteiger partial charge in [-0.2, -0.15) is 0 Å². The first kappa shape index (κ1) is 15.8. The summed E-state index contributed by atoms with van der Waals surface area (Å²) in [6.45, 7) is 8.18. The van der Waals surface area contributed by atoms with Crippen molar-refractivity contribution in [3.05, 3.63) is 24.0 Å². The summed E-state index contributed by atoms with van der Waals surface area (Å²) in [4.78, 5) is 20.7. The Morgan fingerprint density at radius 1 is 1.38 bits per heavy atom. The molecule has 1 aromatic rings. The van der Waals surface area contributed by atoms with Gasteiger partial charge in [-0.25, -0.2) is 0 Å². The number of nitrogens with two attached hydrogens (primary N) is 1. The molecule has 1 saturated heterocycles. The molecule has 2 N–H and O–H groups in total. The Labute approximate surface area is 127 Å². The van der Waals surface area contributed by atoms with Crippen molar-refractivity contribution in [1.82, 2.24) is 9.88 Å². The Bertz CT molecular complexity index is 465. The predicted molar refractivity (Wildman–Crippen MR) is 85.5 cm³/mol. The molecular weight excluding hydrogens is 264 g/mol. The van der Waals surface area contributed by atoms with Crippen molar-refractivity contribution in [3.63, 3.8) is 0 Å². The first-order chi connectivity index (χ1) is 10.2. The molecule has 5 nitrogen and oxygen atoms in total. The van der Waals surface area contributed by atoms with E-state index in [1.54, 1.807) is 11.1 Å². The Hall–Kier alpha value is -1.62. The molecule has 0 unspecified atom stereocenters. The van der Waals surface area contributed by atoms with Crippen molar-refractivity contribution >= 4 is 11.6 Å². The number of piperidine rings is 1. The van der Waals surface area contributed by atoms with Crippen LogP contribution in [0.1, 0.15) is 37.2 Å². The van der Waals surface area contributed by atoms with Gasteiger partial charge in [0.1, 0.15) is 5.69 Å². The van der Waals surface area contributed by atoms with E-state index < -0.39 is 0 Å². The van der Waals surface area contributed by atoms with Crippen molar-refractivity contribution in [3.8, 4) is 0 Å². The van der Waals surface area contributed by atoms with Gasteiger partial charge in [-0.15, -0.1) is 0 Å². The number of amides is 1. The van der Waals surface area contributed by atoms with E-state index in [4.69, 9.17) is 5.73 Å². The SMILES string of the molecule is CCN(CC)C(=O)c1cc(N2CCC(CN)CC2)ccn1. The van der Waals surface area contributed by atoms with E-state index >= 15 is 0 Å². The van der Waals surface area contributed by atoms with Crippen LogP contribution in [0.15, 0.2) is 18.3 Å². The largest absolute Gasteiger partial charge is 0.371 e. The van der Waals surface area contributed by atoms with Gasteiger partial charge < -0.3 is 15.5 Å². The molecule has 0 spiro atoms. The van der Waals surface area contributed by atoms with Crippen LogP contribution in [0.3, 0.4) is 0 Å². The summed E-state index contributed by atoms with van der Waals surface area (Å²) in [5, 5.41) is 0. The minimum atomic E-state index is 0.0127. The van der Waals surface area contributed by atoms with Gasteiger partial charge in [0.05, 0.1) is 0 Å². The number of rotatable bonds is 5. The number of aromatic nitrogens is 1. The number of carbonyl (C=O) groups excluding carboxylic acids is 1. The Kier molecular flexibility index (Phi) is 5.56. The van der Waals surface area contributed by atoms with Gasteiger partial charge in [-0.3, -0.25) is 9.78 Å². The number of hydrogen-bond donors (Lipinski definition) is 1. The molecule has 116 valence electrons. The number of carbonyl (C=O) groups is 1. The smallest absolute Gasteiger partial charge is 0.272 e. The maximum Gasteiger partial charge on any atom is 0.272 e. The summed E-state index contributed by atoms with van der Waals surface area (Å²) in [7, 11) is 0. The van der Waals surface area contributed by atoms with Crippen LogP contribution in [0.2, 0.25) is 0 Å². The lowest BCUT2D eigenvalue weighted by Crippen LogP contribution is -2.36. The predicted octanol–water partition coefficient (Wildman–Crippen LogP) is 1.74. The third kappa shape index (κ3) is 3.73. The zero-order valence-electron chi connectivity index (χ0n) is 13.1. The minimum Gasteiger partial charge on any atom is -0.371 e. The van der Waals surface area contributed by atoms with Gasteiger partial charge in [-0.1, -0.05) is 0 Å². The molecule has 1 aliphatic heterocycles. The van der Waals surface area contributed by atoms with Gasteiger partial charge in [0.25, 0.3) is 5.91 Å². The molecule has 1 amide bonds. The van der Waals surface area contributed by atoms with Crippen molar-refractivity contribution in [2.45, 2.75) is 26.7 Å². The van der Waals surface area contributed by atoms with Gasteiger partial charge >= 0.3 is 0 Å². The fraction of sp³-hybridized carbons (Fsp3) is 0.625. The molecule has 0 saturated carbocycles. The Morgan fingerprint density at radius 2 is 2.05 bits per heavy atom. The maximum absolute atomic E-state index is 12.4. The molecule has 21 heavy (non-hydrogen) atoms. The highest BCUT2D eigenvalue weighted by Gasteiger charge is 2.20. The lowest BCUT2D eigenvalue weighted by atomic mass is 9.97. The van der Waals surface area contributed by atoms with Crippen molar-refractivity contribution in [1.29, 1.82) is 0 Å². The van der Waals surface area contributed by atoms with Gasteiger partial charge in [-0.05, 0) is 51.3 Å². The highest BCUT2D eigenvalue weighted by atomic mass is 16.2. The molecule has 1 aliphatic rings. The zero-order valence-corrected chi connectivity index (χ0v) is 13.1. The molecule has 0 bridgehead atoms. The summed E-state index contributed by atoms with van der Waals surface area (Å²) in [6, 6.07) is 3.91. The monoisotopic (exact) mass is 290 g/mol. The van der Waals surface area contributed by atoms with Crippen LogP contribution < -0.4 is 10.6 Å². The quantitative estimate of drug-likeness (QED) is 0.897. The normalized spacial score (nSPS) is 16.0. The highest BCUT2D eigenvalue weighted by molar-refractivity contribution is 5.93. The van der Waals surface area contributed by atoms with E-state index in [2.05, 4.69) is 9.88 Å². The lowest BCUT2D eigenvalue weighted by molar-refractivity contribution is 0.0767. The van der Waals surface area contributed by atoms with Gasteiger partial charge in [0.2, 0.25) is 0 Å². The van der Waals surface area contributed by atoms with Crippen LogP contribution in [0, 0.1) is 5.92 Å². The second-order valence-electron chi connectivity index (χ2n) is 5.54. The molecular formula is C16H26N4O. The highest BCUT2D eigenvalue weighted by Crippen LogP contribution is 2.23. The summed E-state index contributed by atoms with van der Waals surface area (Å²) in [6.07, 6.45) is 3.98.